The first kappa shape index (κ1) is 16.5. The molecule has 26 heavy (non-hydrogen) atoms. The highest BCUT2D eigenvalue weighted by Crippen LogP contribution is 2.20. The van der Waals surface area contributed by atoms with Crippen molar-refractivity contribution < 1.29 is 0 Å². The summed E-state index contributed by atoms with van der Waals surface area (Å²) in [4.78, 5) is 15.2. The van der Waals surface area contributed by atoms with Crippen molar-refractivity contribution in [2.45, 2.75) is 13.0 Å². The molecule has 0 aliphatic carbocycles. The van der Waals surface area contributed by atoms with Gasteiger partial charge in [-0.3, -0.25) is 13.8 Å². The second kappa shape index (κ2) is 6.42. The van der Waals surface area contributed by atoms with Crippen LogP contribution in [0.15, 0.2) is 53.3 Å². The largest absolute Gasteiger partial charge is 0.378 e. The molecule has 0 fully saturated rings. The van der Waals surface area contributed by atoms with Crippen molar-refractivity contribution in [1.29, 1.82) is 0 Å². The molecule has 0 spiro atoms. The molecule has 4 aromatic rings. The first-order chi connectivity index (χ1) is 12.6. The average Bonchev–Trinajstić information content (AvgIpc) is 3.03. The average molecular weight is 365 g/mol. The number of hydrogen-bond donors (Lipinski definition) is 1. The molecule has 0 aliphatic rings. The van der Waals surface area contributed by atoms with Gasteiger partial charge in [0.05, 0.1) is 10.9 Å². The Kier molecular flexibility index (Phi) is 4.08. The Labute approximate surface area is 155 Å². The number of aryl methyl sites for hydroxylation is 2. The van der Waals surface area contributed by atoms with Crippen LogP contribution in [0.25, 0.3) is 16.7 Å². The zero-order valence-corrected chi connectivity index (χ0v) is 15.5. The van der Waals surface area contributed by atoms with E-state index in [-0.39, 0.29) is 5.56 Å². The van der Waals surface area contributed by atoms with Gasteiger partial charge < -0.3 is 4.90 Å². The minimum absolute atomic E-state index is 0.0545. The summed E-state index contributed by atoms with van der Waals surface area (Å²) in [6.07, 6.45) is 0.745. The molecule has 4 rings (SSSR count). The summed E-state index contributed by atoms with van der Waals surface area (Å²) in [6, 6.07) is 15.9. The number of anilines is 1. The predicted molar refractivity (Wildman–Crippen MR) is 107 cm³/mol. The second-order valence-corrected chi connectivity index (χ2v) is 6.84. The second-order valence-electron chi connectivity index (χ2n) is 6.45. The summed E-state index contributed by atoms with van der Waals surface area (Å²) >= 11 is 5.40. The molecule has 132 valence electrons. The fourth-order valence-electron chi connectivity index (χ4n) is 3.18. The fourth-order valence-corrected chi connectivity index (χ4v) is 3.40. The van der Waals surface area contributed by atoms with Crippen LogP contribution in [0, 0.1) is 4.77 Å². The standard InChI is InChI=1S/C19H19N5OS/c1-22(2)14-8-9-16-15(12-14)17(25)23(18-20-21-19(26)24(16)18)11-10-13-6-4-3-5-7-13/h3-9,12H,10-11H2,1-2H3,(H,21,26). The maximum absolute atomic E-state index is 13.2. The van der Waals surface area contributed by atoms with Crippen LogP contribution >= 0.6 is 12.2 Å². The Hall–Kier alpha value is -2.93. The van der Waals surface area contributed by atoms with E-state index in [1.165, 1.54) is 5.56 Å². The van der Waals surface area contributed by atoms with Crippen molar-refractivity contribution in [3.8, 4) is 0 Å². The number of benzene rings is 2. The number of H-pyrrole nitrogens is 1. The number of aromatic nitrogens is 4. The lowest BCUT2D eigenvalue weighted by atomic mass is 10.1. The van der Waals surface area contributed by atoms with E-state index >= 15 is 0 Å². The fraction of sp³-hybridized carbons (Fsp3) is 0.211. The third-order valence-electron chi connectivity index (χ3n) is 4.58. The van der Waals surface area contributed by atoms with E-state index in [4.69, 9.17) is 12.2 Å². The molecule has 0 bridgehead atoms. The Morgan fingerprint density at radius 1 is 1.15 bits per heavy atom. The smallest absolute Gasteiger partial charge is 0.262 e. The Morgan fingerprint density at radius 2 is 1.92 bits per heavy atom. The number of fused-ring (bicyclic) bond motifs is 3. The number of nitrogens with one attached hydrogen (secondary N) is 1. The van der Waals surface area contributed by atoms with Crippen LogP contribution in [-0.4, -0.2) is 33.3 Å². The maximum atomic E-state index is 13.2. The molecule has 2 aromatic heterocycles. The summed E-state index contributed by atoms with van der Waals surface area (Å²) in [7, 11) is 3.91. The summed E-state index contributed by atoms with van der Waals surface area (Å²) in [5.41, 5.74) is 2.86. The summed E-state index contributed by atoms with van der Waals surface area (Å²) in [6.45, 7) is 0.536. The highest BCUT2D eigenvalue weighted by Gasteiger charge is 2.14. The minimum Gasteiger partial charge on any atom is -0.378 e. The van der Waals surface area contributed by atoms with Gasteiger partial charge in [0.15, 0.2) is 0 Å². The van der Waals surface area contributed by atoms with Crippen LogP contribution in [-0.2, 0) is 13.0 Å². The van der Waals surface area contributed by atoms with Gasteiger partial charge in [0.2, 0.25) is 10.5 Å². The third-order valence-corrected chi connectivity index (χ3v) is 4.85. The molecule has 1 N–H and O–H groups in total. The van der Waals surface area contributed by atoms with E-state index in [9.17, 15) is 4.79 Å². The number of nitrogens with zero attached hydrogens (tertiary/aromatic N) is 4. The van der Waals surface area contributed by atoms with Crippen molar-refractivity contribution in [2.24, 2.45) is 0 Å². The van der Waals surface area contributed by atoms with Crippen LogP contribution in [0.2, 0.25) is 0 Å². The molecule has 0 aliphatic heterocycles. The van der Waals surface area contributed by atoms with Gasteiger partial charge in [-0.15, -0.1) is 5.10 Å². The lowest BCUT2D eigenvalue weighted by molar-refractivity contribution is 0.678. The van der Waals surface area contributed by atoms with E-state index in [0.29, 0.717) is 22.5 Å². The molecule has 6 nitrogen and oxygen atoms in total. The maximum Gasteiger partial charge on any atom is 0.262 e. The molecule has 2 aromatic carbocycles. The predicted octanol–water partition coefficient (Wildman–Crippen LogP) is 3.02. The first-order valence-electron chi connectivity index (χ1n) is 8.41. The quantitative estimate of drug-likeness (QED) is 0.565. The van der Waals surface area contributed by atoms with Crippen LogP contribution in [0.4, 0.5) is 5.69 Å². The molecule has 2 heterocycles. The summed E-state index contributed by atoms with van der Waals surface area (Å²) < 4.78 is 4.01. The summed E-state index contributed by atoms with van der Waals surface area (Å²) in [5.74, 6) is 0.543. The van der Waals surface area contributed by atoms with E-state index in [0.717, 1.165) is 17.6 Å². The number of aromatic amines is 1. The van der Waals surface area contributed by atoms with Gasteiger partial charge in [-0.25, -0.2) is 5.10 Å². The molecule has 0 amide bonds. The van der Waals surface area contributed by atoms with E-state index in [1.54, 1.807) is 4.57 Å². The van der Waals surface area contributed by atoms with E-state index < -0.39 is 0 Å². The molecular weight excluding hydrogens is 346 g/mol. The SMILES string of the molecule is CN(C)c1ccc2c(c1)c(=O)n(CCc1ccccc1)c1n[nH]c(=S)n21. The number of rotatable bonds is 4. The van der Waals surface area contributed by atoms with Crippen LogP contribution in [0.5, 0.6) is 0 Å². The van der Waals surface area contributed by atoms with Crippen LogP contribution in [0.3, 0.4) is 0 Å². The molecule has 0 atom stereocenters. The van der Waals surface area contributed by atoms with E-state index in [2.05, 4.69) is 22.3 Å². The Morgan fingerprint density at radius 3 is 2.65 bits per heavy atom. The Balaban J connectivity index is 1.94. The molecular formula is C19H19N5OS. The molecule has 7 heteroatoms. The van der Waals surface area contributed by atoms with Crippen LogP contribution in [0.1, 0.15) is 5.56 Å². The highest BCUT2D eigenvalue weighted by molar-refractivity contribution is 7.71. The third kappa shape index (κ3) is 2.70. The lowest BCUT2D eigenvalue weighted by Gasteiger charge is -2.15. The van der Waals surface area contributed by atoms with Crippen molar-refractivity contribution >= 4 is 34.6 Å². The van der Waals surface area contributed by atoms with Gasteiger partial charge in [-0.1, -0.05) is 30.3 Å². The minimum atomic E-state index is -0.0545. The molecule has 0 saturated heterocycles. The van der Waals surface area contributed by atoms with Crippen molar-refractivity contribution in [1.82, 2.24) is 19.2 Å². The zero-order valence-electron chi connectivity index (χ0n) is 14.6. The topological polar surface area (TPSA) is 58.3 Å². The van der Waals surface area contributed by atoms with Gasteiger partial charge in [-0.2, -0.15) is 0 Å². The molecule has 0 saturated carbocycles. The van der Waals surface area contributed by atoms with Gasteiger partial charge in [0.25, 0.3) is 5.56 Å². The van der Waals surface area contributed by atoms with E-state index in [1.807, 2.05) is 59.8 Å². The van der Waals surface area contributed by atoms with Crippen molar-refractivity contribution in [2.75, 3.05) is 19.0 Å². The first-order valence-corrected chi connectivity index (χ1v) is 8.82. The normalized spacial score (nSPS) is 11.3. The zero-order chi connectivity index (χ0) is 18.3. The van der Waals surface area contributed by atoms with Crippen LogP contribution < -0.4 is 10.5 Å². The lowest BCUT2D eigenvalue weighted by Crippen LogP contribution is -2.24. The summed E-state index contributed by atoms with van der Waals surface area (Å²) in [5, 5.41) is 7.75. The molecule has 0 unspecified atom stereocenters. The monoisotopic (exact) mass is 365 g/mol. The van der Waals surface area contributed by atoms with Gasteiger partial charge in [-0.05, 0) is 42.4 Å². The van der Waals surface area contributed by atoms with Crippen molar-refractivity contribution in [3.05, 3.63) is 69.2 Å². The van der Waals surface area contributed by atoms with Gasteiger partial charge in [0, 0.05) is 26.3 Å². The highest BCUT2D eigenvalue weighted by atomic mass is 32.1. The molecule has 0 radical (unpaired) electrons. The van der Waals surface area contributed by atoms with Crippen molar-refractivity contribution in [3.63, 3.8) is 0 Å². The van der Waals surface area contributed by atoms with Gasteiger partial charge in [0.1, 0.15) is 0 Å². The van der Waals surface area contributed by atoms with Gasteiger partial charge >= 0.3 is 0 Å². The number of hydrogen-bond acceptors (Lipinski definition) is 4. The Bertz CT molecular complexity index is 1200.